The van der Waals surface area contributed by atoms with Crippen LogP contribution < -0.4 is 26.0 Å². The molecule has 3 fully saturated rings. The minimum atomic E-state index is -0.471. The smallest absolute Gasteiger partial charge is 0.270 e. The number of aromatic nitrogens is 5. The molecule has 3 atom stereocenters. The first-order chi connectivity index (χ1) is 29.2. The molecule has 5 aromatic heterocycles. The molecule has 6 aromatic rings. The molecular weight excluding hydrogens is 763 g/mol. The molecule has 10 rings (SSSR count). The monoisotopic (exact) mass is 803 g/mol. The van der Waals surface area contributed by atoms with Crippen LogP contribution in [0.4, 0.5) is 17.3 Å². The number of anilines is 3. The molecular formula is C45H41N9O6. The lowest BCUT2D eigenvalue weighted by Crippen LogP contribution is -2.43. The lowest BCUT2D eigenvalue weighted by Gasteiger charge is -2.35. The number of aryl methyl sites for hydroxylation is 3. The van der Waals surface area contributed by atoms with E-state index in [0.717, 1.165) is 90.2 Å². The van der Waals surface area contributed by atoms with E-state index >= 15 is 0 Å². The Hall–Kier alpha value is -6.92. The summed E-state index contributed by atoms with van der Waals surface area (Å²) in [6.07, 6.45) is 9.77. The summed E-state index contributed by atoms with van der Waals surface area (Å²) < 4.78 is 13.5. The number of carbonyl (C=O) groups is 3. The molecule has 15 nitrogen and oxygen atoms in total. The van der Waals surface area contributed by atoms with E-state index in [4.69, 9.17) is 24.1 Å². The summed E-state index contributed by atoms with van der Waals surface area (Å²) >= 11 is 0. The van der Waals surface area contributed by atoms with Crippen molar-refractivity contribution in [2.75, 3.05) is 36.0 Å². The van der Waals surface area contributed by atoms with Crippen molar-refractivity contribution in [2.45, 2.75) is 63.6 Å². The number of furan rings is 1. The summed E-state index contributed by atoms with van der Waals surface area (Å²) in [5, 5.41) is 6.86. The zero-order valence-electron chi connectivity index (χ0n) is 33.2. The first kappa shape index (κ1) is 37.4. The van der Waals surface area contributed by atoms with Crippen molar-refractivity contribution in [1.29, 1.82) is 0 Å². The van der Waals surface area contributed by atoms with E-state index in [1.807, 2.05) is 44.4 Å². The van der Waals surface area contributed by atoms with Crippen molar-refractivity contribution in [2.24, 2.45) is 7.05 Å². The van der Waals surface area contributed by atoms with E-state index in [-0.39, 0.29) is 54.1 Å². The number of amides is 3. The molecule has 3 saturated heterocycles. The molecule has 2 N–H and O–H groups in total. The molecule has 0 spiro atoms. The Bertz CT molecular complexity index is 2860. The predicted molar refractivity (Wildman–Crippen MR) is 223 cm³/mol. The first-order valence-electron chi connectivity index (χ1n) is 20.3. The van der Waals surface area contributed by atoms with E-state index in [2.05, 4.69) is 37.3 Å². The number of pyridine rings is 3. The topological polar surface area (TPSA) is 178 Å². The molecule has 15 heteroatoms. The number of carbonyl (C=O) groups excluding carboxylic acids is 3. The number of benzene rings is 1. The highest BCUT2D eigenvalue weighted by atomic mass is 16.5. The van der Waals surface area contributed by atoms with Crippen LogP contribution in [0.1, 0.15) is 70.9 Å². The molecule has 60 heavy (non-hydrogen) atoms. The fraction of sp³-hybridized carbons (Fsp3) is 0.333. The Morgan fingerprint density at radius 1 is 0.967 bits per heavy atom. The summed E-state index contributed by atoms with van der Waals surface area (Å²) in [7, 11) is 1.82. The third-order valence-electron chi connectivity index (χ3n) is 12.0. The molecule has 0 radical (unpaired) electrons. The van der Waals surface area contributed by atoms with Gasteiger partial charge in [0.2, 0.25) is 11.8 Å². The molecule has 3 unspecified atom stereocenters. The molecule has 4 aliphatic rings. The average molecular weight is 804 g/mol. The summed E-state index contributed by atoms with van der Waals surface area (Å²) in [6.45, 7) is 4.18. The van der Waals surface area contributed by atoms with E-state index in [0.29, 0.717) is 34.5 Å². The van der Waals surface area contributed by atoms with Gasteiger partial charge in [-0.15, -0.1) is 0 Å². The van der Waals surface area contributed by atoms with Gasteiger partial charge in [0, 0.05) is 78.4 Å². The molecule has 1 aromatic carbocycles. The summed E-state index contributed by atoms with van der Waals surface area (Å²) in [6, 6.07) is 12.9. The van der Waals surface area contributed by atoms with Gasteiger partial charge in [0.05, 0.1) is 54.0 Å². The molecule has 9 heterocycles. The molecule has 302 valence electrons. The summed E-state index contributed by atoms with van der Waals surface area (Å²) in [5.41, 5.74) is 6.15. The normalized spacial score (nSPS) is 19.9. The van der Waals surface area contributed by atoms with Gasteiger partial charge in [-0.2, -0.15) is 0 Å². The van der Waals surface area contributed by atoms with E-state index in [1.54, 1.807) is 35.2 Å². The first-order valence-corrected chi connectivity index (χ1v) is 20.3. The number of piperidine rings is 1. The van der Waals surface area contributed by atoms with Crippen molar-refractivity contribution in [3.8, 4) is 23.2 Å². The highest BCUT2D eigenvalue weighted by molar-refractivity contribution is 6.03. The Morgan fingerprint density at radius 2 is 1.82 bits per heavy atom. The van der Waals surface area contributed by atoms with E-state index in [9.17, 15) is 19.2 Å². The van der Waals surface area contributed by atoms with Crippen molar-refractivity contribution >= 4 is 56.9 Å². The van der Waals surface area contributed by atoms with Crippen LogP contribution in [0.15, 0.2) is 70.3 Å². The van der Waals surface area contributed by atoms with Crippen molar-refractivity contribution in [1.82, 2.24) is 35.1 Å². The van der Waals surface area contributed by atoms with Crippen LogP contribution in [0.25, 0.3) is 33.3 Å². The van der Waals surface area contributed by atoms with Crippen LogP contribution in [0.2, 0.25) is 0 Å². The number of nitrogens with one attached hydrogen (secondary N) is 2. The Labute approximate surface area is 344 Å². The van der Waals surface area contributed by atoms with Crippen LogP contribution in [-0.4, -0.2) is 80.6 Å². The van der Waals surface area contributed by atoms with Crippen molar-refractivity contribution in [3.05, 3.63) is 99.6 Å². The maximum atomic E-state index is 13.1. The van der Waals surface area contributed by atoms with Gasteiger partial charge in [-0.05, 0) is 75.4 Å². The summed E-state index contributed by atoms with van der Waals surface area (Å²) in [4.78, 5) is 74.2. The average Bonchev–Trinajstić information content (AvgIpc) is 3.84. The standard InChI is InChI=1S/C45H41N9O6/c1-25-17-32-36(52(2)45(25)58)19-39(53-22-28-9-10-29(23-53)60-28)50-42(32)54-16-4-6-34-37(54)21-48-41(49-34)27-8-12-35(47-20-27)44(57)46-15-3-5-26-7-13-38-31(18-26)33(24-59-38)30-11-14-40(55)51-43(30)56/h7-8,12-13,17-21,24,28-30H,4,6,9-11,14-16,22-23H2,1-2H3,(H,46,57)(H,51,55,56). The van der Waals surface area contributed by atoms with Gasteiger partial charge in [-0.3, -0.25) is 29.5 Å². The second kappa shape index (κ2) is 15.0. The van der Waals surface area contributed by atoms with Gasteiger partial charge >= 0.3 is 0 Å². The quantitative estimate of drug-likeness (QED) is 0.177. The second-order valence-electron chi connectivity index (χ2n) is 15.9. The highest BCUT2D eigenvalue weighted by Crippen LogP contribution is 2.39. The highest BCUT2D eigenvalue weighted by Gasteiger charge is 2.35. The van der Waals surface area contributed by atoms with Gasteiger partial charge in [0.25, 0.3) is 11.5 Å². The fourth-order valence-corrected chi connectivity index (χ4v) is 8.87. The van der Waals surface area contributed by atoms with Crippen LogP contribution in [0.5, 0.6) is 0 Å². The SMILES string of the molecule is Cc1cc2c(N3CCCc4nc(-c5ccc(C(=O)NCC#Cc6ccc7occ(C8CCC(=O)NC8=O)c7c6)nc5)ncc43)nc(N3CC4CCC(C3)O4)cc2n(C)c1=O. The number of ether oxygens (including phenoxy) is 1. The van der Waals surface area contributed by atoms with Crippen LogP contribution in [-0.2, 0) is 27.8 Å². The number of morpholine rings is 1. The Morgan fingerprint density at radius 3 is 2.62 bits per heavy atom. The van der Waals surface area contributed by atoms with Crippen LogP contribution in [0.3, 0.4) is 0 Å². The fourth-order valence-electron chi connectivity index (χ4n) is 8.87. The van der Waals surface area contributed by atoms with Gasteiger partial charge in [0.15, 0.2) is 5.82 Å². The minimum Gasteiger partial charge on any atom is -0.464 e. The lowest BCUT2D eigenvalue weighted by atomic mass is 9.90. The predicted octanol–water partition coefficient (Wildman–Crippen LogP) is 4.59. The number of fused-ring (bicyclic) bond motifs is 5. The van der Waals surface area contributed by atoms with Crippen molar-refractivity contribution < 1.29 is 23.5 Å². The summed E-state index contributed by atoms with van der Waals surface area (Å²) in [5.74, 6) is 6.71. The number of hydrogen-bond acceptors (Lipinski definition) is 12. The second-order valence-corrected chi connectivity index (χ2v) is 15.9. The van der Waals surface area contributed by atoms with Gasteiger partial charge < -0.3 is 28.8 Å². The molecule has 2 bridgehead atoms. The minimum absolute atomic E-state index is 0.0325. The number of hydrogen-bond donors (Lipinski definition) is 2. The number of imide groups is 1. The maximum Gasteiger partial charge on any atom is 0.270 e. The Kier molecular flexibility index (Phi) is 9.36. The van der Waals surface area contributed by atoms with Gasteiger partial charge in [-0.1, -0.05) is 11.8 Å². The van der Waals surface area contributed by atoms with E-state index < -0.39 is 5.92 Å². The third kappa shape index (κ3) is 6.82. The number of nitrogens with zero attached hydrogens (tertiary/aromatic N) is 7. The molecule has 3 amide bonds. The van der Waals surface area contributed by atoms with Crippen LogP contribution >= 0.6 is 0 Å². The molecule has 4 aliphatic heterocycles. The van der Waals surface area contributed by atoms with E-state index in [1.165, 1.54) is 0 Å². The van der Waals surface area contributed by atoms with Gasteiger partial charge in [-0.25, -0.2) is 15.0 Å². The molecule has 0 aliphatic carbocycles. The zero-order chi connectivity index (χ0) is 41.1. The third-order valence-corrected chi connectivity index (χ3v) is 12.0. The Balaban J connectivity index is 0.846. The van der Waals surface area contributed by atoms with Gasteiger partial charge in [0.1, 0.15) is 22.9 Å². The number of rotatable bonds is 6. The lowest BCUT2D eigenvalue weighted by molar-refractivity contribution is -0.134. The largest absolute Gasteiger partial charge is 0.464 e. The molecule has 0 saturated carbocycles. The van der Waals surface area contributed by atoms with Crippen molar-refractivity contribution in [3.63, 3.8) is 0 Å². The van der Waals surface area contributed by atoms with Crippen LogP contribution in [0, 0.1) is 18.8 Å². The zero-order valence-corrected chi connectivity index (χ0v) is 33.2. The maximum absolute atomic E-state index is 13.1.